The number of benzene rings is 3. The smallest absolute Gasteiger partial charge is 0.242 e. The number of rotatable bonds is 8. The Morgan fingerprint density at radius 3 is 2.22 bits per heavy atom. The van der Waals surface area contributed by atoms with E-state index in [4.69, 9.17) is 4.99 Å². The number of hydrogen-bond acceptors (Lipinski definition) is 4. The first kappa shape index (κ1) is 21.8. The van der Waals surface area contributed by atoms with Crippen molar-refractivity contribution in [2.24, 2.45) is 4.99 Å². The molecular weight excluding hydrogens is 418 g/mol. The zero-order valence-electron chi connectivity index (χ0n) is 17.7. The largest absolute Gasteiger partial charge is 0.326 e. The van der Waals surface area contributed by atoms with Crippen LogP contribution in [0.5, 0.6) is 0 Å². The number of nitrogens with zero attached hydrogens (tertiary/aromatic N) is 2. The second-order valence-electron chi connectivity index (χ2n) is 7.53. The van der Waals surface area contributed by atoms with Crippen LogP contribution in [0.15, 0.2) is 96.0 Å². The van der Waals surface area contributed by atoms with E-state index in [2.05, 4.69) is 17.4 Å². The number of nitrogens with one attached hydrogen (secondary N) is 1. The molecule has 32 heavy (non-hydrogen) atoms. The average molecular weight is 444 g/mol. The molecule has 0 saturated carbocycles. The minimum Gasteiger partial charge on any atom is -0.326 e. The van der Waals surface area contributed by atoms with Crippen LogP contribution in [0.1, 0.15) is 18.4 Å². The molecule has 2 amide bonds. The molecule has 162 valence electrons. The molecule has 3 aromatic rings. The van der Waals surface area contributed by atoms with Crippen LogP contribution in [-0.4, -0.2) is 33.7 Å². The van der Waals surface area contributed by atoms with E-state index in [9.17, 15) is 9.59 Å². The molecule has 5 nitrogen and oxygen atoms in total. The van der Waals surface area contributed by atoms with Gasteiger partial charge in [0.1, 0.15) is 5.25 Å². The van der Waals surface area contributed by atoms with Gasteiger partial charge in [0, 0.05) is 18.7 Å². The van der Waals surface area contributed by atoms with Crippen LogP contribution in [0, 0.1) is 0 Å². The Labute approximate surface area is 192 Å². The van der Waals surface area contributed by atoms with Gasteiger partial charge in [-0.25, -0.2) is 4.99 Å². The molecule has 1 N–H and O–H groups in total. The van der Waals surface area contributed by atoms with E-state index in [0.717, 1.165) is 24.2 Å². The first-order valence-electron chi connectivity index (χ1n) is 10.7. The van der Waals surface area contributed by atoms with Gasteiger partial charge in [-0.1, -0.05) is 78.5 Å². The molecule has 1 fully saturated rings. The number of amidine groups is 1. The molecule has 1 aliphatic rings. The van der Waals surface area contributed by atoms with Gasteiger partial charge in [-0.15, -0.1) is 0 Å². The van der Waals surface area contributed by atoms with Crippen LogP contribution >= 0.6 is 11.8 Å². The minimum absolute atomic E-state index is 0.0547. The predicted molar refractivity (Wildman–Crippen MR) is 131 cm³/mol. The molecule has 3 aromatic carbocycles. The zero-order chi connectivity index (χ0) is 22.2. The maximum Gasteiger partial charge on any atom is 0.242 e. The number of carbonyl (C=O) groups excluding carboxylic acids is 2. The Kier molecular flexibility index (Phi) is 7.35. The molecule has 1 heterocycles. The summed E-state index contributed by atoms with van der Waals surface area (Å²) in [5.74, 6) is -0.229. The third-order valence-corrected chi connectivity index (χ3v) is 6.29. The fourth-order valence-electron chi connectivity index (χ4n) is 3.53. The third kappa shape index (κ3) is 5.86. The molecule has 0 aliphatic carbocycles. The Morgan fingerprint density at radius 2 is 1.53 bits per heavy atom. The molecular formula is C26H25N3O2S. The van der Waals surface area contributed by atoms with Gasteiger partial charge < -0.3 is 5.32 Å². The minimum atomic E-state index is -0.474. The summed E-state index contributed by atoms with van der Waals surface area (Å²) in [4.78, 5) is 32.2. The van der Waals surface area contributed by atoms with Gasteiger partial charge in [-0.2, -0.15) is 0 Å². The van der Waals surface area contributed by atoms with Gasteiger partial charge in [-0.3, -0.25) is 14.5 Å². The van der Waals surface area contributed by atoms with Crippen molar-refractivity contribution in [1.29, 1.82) is 0 Å². The molecule has 4 rings (SSSR count). The number of aryl methyl sites for hydroxylation is 1. The zero-order valence-corrected chi connectivity index (χ0v) is 18.5. The van der Waals surface area contributed by atoms with Crippen LogP contribution < -0.4 is 5.32 Å². The number of anilines is 1. The van der Waals surface area contributed by atoms with Crippen LogP contribution in [0.25, 0.3) is 0 Å². The summed E-state index contributed by atoms with van der Waals surface area (Å²) in [6.45, 7) is 0.573. The lowest BCUT2D eigenvalue weighted by Crippen LogP contribution is -2.34. The van der Waals surface area contributed by atoms with Crippen molar-refractivity contribution in [1.82, 2.24) is 4.90 Å². The molecule has 1 saturated heterocycles. The highest BCUT2D eigenvalue weighted by Gasteiger charge is 2.38. The Balaban J connectivity index is 1.45. The van der Waals surface area contributed by atoms with Gasteiger partial charge in [0.05, 0.1) is 5.69 Å². The fraction of sp³-hybridized carbons (Fsp3) is 0.192. The van der Waals surface area contributed by atoms with Crippen molar-refractivity contribution in [2.45, 2.75) is 24.5 Å². The highest BCUT2D eigenvalue weighted by Crippen LogP contribution is 2.32. The molecule has 0 radical (unpaired) electrons. The van der Waals surface area contributed by atoms with Gasteiger partial charge in [-0.05, 0) is 42.7 Å². The summed E-state index contributed by atoms with van der Waals surface area (Å²) >= 11 is 1.37. The van der Waals surface area contributed by atoms with Crippen molar-refractivity contribution in [3.8, 4) is 0 Å². The number of amides is 2. The molecule has 1 aliphatic heterocycles. The molecule has 6 heteroatoms. The van der Waals surface area contributed by atoms with E-state index in [-0.39, 0.29) is 18.2 Å². The topological polar surface area (TPSA) is 61.8 Å². The second-order valence-corrected chi connectivity index (χ2v) is 8.70. The van der Waals surface area contributed by atoms with Crippen molar-refractivity contribution < 1.29 is 9.59 Å². The standard InChI is InChI=1S/C26H25N3O2S/c30-24(27-21-14-6-2-7-15-21)19-23-25(31)29(18-10-13-20-11-4-1-5-12-20)26(32-23)28-22-16-8-3-9-17-22/h1-9,11-12,14-17,23H,10,13,18-19H2,(H,27,30)/t23-/m0/s1. The monoisotopic (exact) mass is 443 g/mol. The van der Waals surface area contributed by atoms with E-state index in [1.807, 2.05) is 78.9 Å². The average Bonchev–Trinajstić information content (AvgIpc) is 3.10. The van der Waals surface area contributed by atoms with Crippen molar-refractivity contribution in [3.05, 3.63) is 96.6 Å². The van der Waals surface area contributed by atoms with Gasteiger partial charge in [0.25, 0.3) is 0 Å². The van der Waals surface area contributed by atoms with E-state index in [0.29, 0.717) is 11.7 Å². The summed E-state index contributed by atoms with van der Waals surface area (Å²) in [6.07, 6.45) is 1.82. The van der Waals surface area contributed by atoms with Crippen LogP contribution in [0.2, 0.25) is 0 Å². The summed E-state index contributed by atoms with van der Waals surface area (Å²) in [5, 5.41) is 3.06. The lowest BCUT2D eigenvalue weighted by Gasteiger charge is -2.16. The Bertz CT molecular complexity index is 1070. The SMILES string of the molecule is O=C(C[C@@H]1SC(=Nc2ccccc2)N(CCCc2ccccc2)C1=O)Nc1ccccc1. The van der Waals surface area contributed by atoms with Crippen molar-refractivity contribution >= 4 is 40.1 Å². The van der Waals surface area contributed by atoms with Crippen LogP contribution in [0.4, 0.5) is 11.4 Å². The number of carbonyl (C=O) groups is 2. The van der Waals surface area contributed by atoms with Crippen LogP contribution in [0.3, 0.4) is 0 Å². The first-order valence-corrected chi connectivity index (χ1v) is 11.6. The number of thioether (sulfide) groups is 1. The molecule has 0 bridgehead atoms. The number of aliphatic imine (C=N–C) groups is 1. The summed E-state index contributed by atoms with van der Waals surface area (Å²) in [6, 6.07) is 29.1. The van der Waals surface area contributed by atoms with E-state index in [1.54, 1.807) is 4.90 Å². The number of hydrogen-bond donors (Lipinski definition) is 1. The Hall–Kier alpha value is -3.38. The predicted octanol–water partition coefficient (Wildman–Crippen LogP) is 5.28. The molecule has 0 aromatic heterocycles. The third-order valence-electron chi connectivity index (χ3n) is 5.12. The van der Waals surface area contributed by atoms with Crippen LogP contribution in [-0.2, 0) is 16.0 Å². The summed E-state index contributed by atoms with van der Waals surface area (Å²) in [5.41, 5.74) is 2.77. The van der Waals surface area contributed by atoms with Gasteiger partial charge in [0.15, 0.2) is 5.17 Å². The quantitative estimate of drug-likeness (QED) is 0.515. The van der Waals surface area contributed by atoms with Crippen molar-refractivity contribution in [3.63, 3.8) is 0 Å². The maximum atomic E-state index is 13.2. The maximum absolute atomic E-state index is 13.2. The molecule has 1 atom stereocenters. The van der Waals surface area contributed by atoms with E-state index in [1.165, 1.54) is 17.3 Å². The lowest BCUT2D eigenvalue weighted by molar-refractivity contribution is -0.128. The highest BCUT2D eigenvalue weighted by molar-refractivity contribution is 8.15. The normalized spacial score (nSPS) is 17.0. The van der Waals surface area contributed by atoms with Gasteiger partial charge in [0.2, 0.25) is 11.8 Å². The molecule has 0 unspecified atom stereocenters. The first-order chi connectivity index (χ1) is 15.7. The summed E-state index contributed by atoms with van der Waals surface area (Å²) < 4.78 is 0. The lowest BCUT2D eigenvalue weighted by atomic mass is 10.1. The van der Waals surface area contributed by atoms with Gasteiger partial charge >= 0.3 is 0 Å². The molecule has 0 spiro atoms. The van der Waals surface area contributed by atoms with E-state index < -0.39 is 5.25 Å². The van der Waals surface area contributed by atoms with E-state index >= 15 is 0 Å². The fourth-order valence-corrected chi connectivity index (χ4v) is 4.72. The summed E-state index contributed by atoms with van der Waals surface area (Å²) in [7, 11) is 0. The van der Waals surface area contributed by atoms with Crippen molar-refractivity contribution in [2.75, 3.05) is 11.9 Å². The second kappa shape index (κ2) is 10.8. The Morgan fingerprint density at radius 1 is 0.906 bits per heavy atom. The highest BCUT2D eigenvalue weighted by atomic mass is 32.2. The number of para-hydroxylation sites is 2.